The van der Waals surface area contributed by atoms with E-state index in [0.29, 0.717) is 16.9 Å². The number of aliphatic hydroxyl groups is 1. The third-order valence-corrected chi connectivity index (χ3v) is 7.22. The van der Waals surface area contributed by atoms with Crippen LogP contribution in [0.1, 0.15) is 19.8 Å². The Labute approximate surface area is 243 Å². The third kappa shape index (κ3) is 5.56. The van der Waals surface area contributed by atoms with E-state index in [4.69, 9.17) is 4.74 Å². The van der Waals surface area contributed by atoms with E-state index in [1.807, 2.05) is 0 Å². The molecule has 0 spiro atoms. The van der Waals surface area contributed by atoms with Crippen LogP contribution in [-0.2, 0) is 9.59 Å². The van der Waals surface area contributed by atoms with Gasteiger partial charge in [0.1, 0.15) is 22.9 Å². The van der Waals surface area contributed by atoms with Crippen molar-refractivity contribution in [2.45, 2.75) is 31.8 Å². The van der Waals surface area contributed by atoms with Crippen LogP contribution in [0.25, 0.3) is 11.0 Å². The lowest BCUT2D eigenvalue weighted by molar-refractivity contribution is -0.132. The van der Waals surface area contributed by atoms with E-state index in [0.717, 1.165) is 35.9 Å². The number of urea groups is 1. The number of pyridine rings is 1. The number of aromatic amines is 1. The molecule has 2 aromatic carbocycles. The number of nitrogens with one attached hydrogen (secondary N) is 3. The second-order valence-corrected chi connectivity index (χ2v) is 10.4. The highest BCUT2D eigenvalue weighted by Gasteiger charge is 2.48. The molecule has 6 rings (SSSR count). The highest BCUT2D eigenvalue weighted by molar-refractivity contribution is 6.23. The van der Waals surface area contributed by atoms with Crippen LogP contribution in [0.3, 0.4) is 0 Å². The van der Waals surface area contributed by atoms with Gasteiger partial charge in [-0.2, -0.15) is 5.10 Å². The van der Waals surface area contributed by atoms with Crippen molar-refractivity contribution in [3.05, 3.63) is 66.4 Å². The molecule has 0 radical (unpaired) electrons. The van der Waals surface area contributed by atoms with E-state index in [9.17, 15) is 23.9 Å². The summed E-state index contributed by atoms with van der Waals surface area (Å²) in [5.41, 5.74) is 0.618. The molecular formula is C29H27F2N7O5. The maximum absolute atomic E-state index is 15.2. The number of anilines is 3. The average molecular weight is 592 g/mol. The Morgan fingerprint density at radius 1 is 1.14 bits per heavy atom. The van der Waals surface area contributed by atoms with Gasteiger partial charge < -0.3 is 25.4 Å². The predicted octanol–water partition coefficient (Wildman–Crippen LogP) is 4.01. The van der Waals surface area contributed by atoms with Gasteiger partial charge in [-0.05, 0) is 56.2 Å². The number of aliphatic hydroxyl groups excluding tert-OH is 1. The number of carbonyl (C=O) groups excluding carboxylic acids is 3. The predicted molar refractivity (Wildman–Crippen MR) is 152 cm³/mol. The fraction of sp³-hybridized carbons (Fsp3) is 0.276. The summed E-state index contributed by atoms with van der Waals surface area (Å²) >= 11 is 0. The van der Waals surface area contributed by atoms with Gasteiger partial charge in [0.05, 0.1) is 12.3 Å². The van der Waals surface area contributed by atoms with Crippen LogP contribution in [0.4, 0.5) is 30.8 Å². The molecule has 1 aliphatic heterocycles. The number of hydrogen-bond acceptors (Lipinski definition) is 8. The van der Waals surface area contributed by atoms with Crippen LogP contribution in [0.5, 0.6) is 11.5 Å². The van der Waals surface area contributed by atoms with Crippen molar-refractivity contribution in [2.75, 3.05) is 28.7 Å². The van der Waals surface area contributed by atoms with E-state index in [-0.39, 0.29) is 48.1 Å². The molecule has 2 aliphatic rings. The number of aromatic nitrogens is 3. The van der Waals surface area contributed by atoms with E-state index < -0.39 is 35.4 Å². The van der Waals surface area contributed by atoms with Crippen LogP contribution in [0, 0.1) is 17.6 Å². The van der Waals surface area contributed by atoms with Crippen molar-refractivity contribution in [2.24, 2.45) is 5.92 Å². The second-order valence-electron chi connectivity index (χ2n) is 10.4. The molecule has 4 N–H and O–H groups in total. The Morgan fingerprint density at radius 2 is 1.91 bits per heavy atom. The maximum Gasteiger partial charge on any atom is 0.331 e. The van der Waals surface area contributed by atoms with E-state index in [2.05, 4.69) is 25.8 Å². The summed E-state index contributed by atoms with van der Waals surface area (Å²) in [6.45, 7) is 1.49. The first-order valence-corrected chi connectivity index (χ1v) is 13.6. The van der Waals surface area contributed by atoms with Crippen molar-refractivity contribution < 1.29 is 33.0 Å². The van der Waals surface area contributed by atoms with Gasteiger partial charge in [0.15, 0.2) is 23.0 Å². The molecule has 4 amide bonds. The summed E-state index contributed by atoms with van der Waals surface area (Å²) < 4.78 is 34.6. The maximum atomic E-state index is 15.2. The molecule has 2 fully saturated rings. The number of benzene rings is 2. The van der Waals surface area contributed by atoms with Gasteiger partial charge in [-0.15, -0.1) is 0 Å². The summed E-state index contributed by atoms with van der Waals surface area (Å²) in [6, 6.07) is 9.24. The molecule has 1 saturated heterocycles. The van der Waals surface area contributed by atoms with Gasteiger partial charge in [0.25, 0.3) is 0 Å². The van der Waals surface area contributed by atoms with Crippen molar-refractivity contribution in [1.82, 2.24) is 20.1 Å². The Bertz CT molecular complexity index is 1710. The lowest BCUT2D eigenvalue weighted by Crippen LogP contribution is -2.60. The zero-order chi connectivity index (χ0) is 30.2. The molecule has 2 atom stereocenters. The number of nitrogens with zero attached hydrogens (tertiary/aromatic N) is 4. The highest BCUT2D eigenvalue weighted by atomic mass is 19.1. The molecule has 1 aliphatic carbocycles. The number of rotatable bonds is 9. The van der Waals surface area contributed by atoms with E-state index in [1.165, 1.54) is 41.4 Å². The molecule has 43 heavy (non-hydrogen) atoms. The van der Waals surface area contributed by atoms with Crippen LogP contribution >= 0.6 is 0 Å². The standard InChI is InChI=1S/C29H27F2N7O5/c1-15(14-39)33-26-24-23(10-11-32-25(24)35-36-26)43-22-9-4-17(12-21(22)31)34-27(40)20-13-37(18-7-8-18)29(42)38(28(20)41)19-5-2-16(30)3-6-19/h2-6,9-12,15,18,20,39H,7-8,13-14H2,1H3,(H,34,40)(H2,32,33,35,36)/t15-,20?/m1/s1. The zero-order valence-corrected chi connectivity index (χ0v) is 22.9. The second kappa shape index (κ2) is 11.3. The number of fused-ring (bicyclic) bond motifs is 1. The van der Waals surface area contributed by atoms with Crippen LogP contribution in [0.2, 0.25) is 0 Å². The number of halogens is 2. The summed E-state index contributed by atoms with van der Waals surface area (Å²) in [7, 11) is 0. The topological polar surface area (TPSA) is 153 Å². The smallest absolute Gasteiger partial charge is 0.331 e. The lowest BCUT2D eigenvalue weighted by atomic mass is 10.0. The molecule has 4 aromatic rings. The quantitative estimate of drug-likeness (QED) is 0.213. The van der Waals surface area contributed by atoms with E-state index >= 15 is 4.39 Å². The molecule has 3 heterocycles. The first-order valence-electron chi connectivity index (χ1n) is 13.6. The average Bonchev–Trinajstić information content (AvgIpc) is 3.75. The number of imide groups is 1. The van der Waals surface area contributed by atoms with Gasteiger partial charge in [0, 0.05) is 42.6 Å². The largest absolute Gasteiger partial charge is 0.453 e. The molecule has 2 aromatic heterocycles. The molecule has 1 saturated carbocycles. The minimum absolute atomic E-state index is 0.0770. The van der Waals surface area contributed by atoms with Crippen molar-refractivity contribution in [1.29, 1.82) is 0 Å². The summed E-state index contributed by atoms with van der Waals surface area (Å²) in [5, 5.41) is 22.3. The van der Waals surface area contributed by atoms with Gasteiger partial charge in [-0.3, -0.25) is 14.7 Å². The normalized spacial score (nSPS) is 17.7. The number of hydrogen-bond donors (Lipinski definition) is 4. The molecular weight excluding hydrogens is 564 g/mol. The number of ether oxygens (including phenoxy) is 1. The third-order valence-electron chi connectivity index (χ3n) is 7.22. The molecule has 222 valence electrons. The Balaban J connectivity index is 1.21. The van der Waals surface area contributed by atoms with Crippen LogP contribution < -0.4 is 20.3 Å². The minimum atomic E-state index is -1.26. The SMILES string of the molecule is C[C@H](CO)Nc1n[nH]c2nccc(Oc3ccc(NC(=O)C4CN(C5CC5)C(=O)N(c5ccc(F)cc5)C4=O)cc3F)c12. The molecule has 1 unspecified atom stereocenters. The number of amides is 4. The number of H-pyrrole nitrogens is 1. The lowest BCUT2D eigenvalue weighted by Gasteiger charge is -2.38. The van der Waals surface area contributed by atoms with Crippen LogP contribution in [-0.4, -0.2) is 68.3 Å². The summed E-state index contributed by atoms with van der Waals surface area (Å²) in [5.74, 6) is -3.58. The summed E-state index contributed by atoms with van der Waals surface area (Å²) in [4.78, 5) is 46.4. The van der Waals surface area contributed by atoms with Gasteiger partial charge in [-0.25, -0.2) is 23.5 Å². The van der Waals surface area contributed by atoms with Crippen LogP contribution in [0.15, 0.2) is 54.7 Å². The van der Waals surface area contributed by atoms with Crippen molar-refractivity contribution in [3.8, 4) is 11.5 Å². The Morgan fingerprint density at radius 3 is 2.60 bits per heavy atom. The highest BCUT2D eigenvalue weighted by Crippen LogP contribution is 2.36. The van der Waals surface area contributed by atoms with Crippen molar-refractivity contribution in [3.63, 3.8) is 0 Å². The monoisotopic (exact) mass is 591 g/mol. The molecule has 12 nitrogen and oxygen atoms in total. The summed E-state index contributed by atoms with van der Waals surface area (Å²) in [6.07, 6.45) is 2.96. The number of carbonyl (C=O) groups is 3. The Hall–Kier alpha value is -5.11. The fourth-order valence-electron chi connectivity index (χ4n) is 4.85. The molecule has 14 heteroatoms. The first-order chi connectivity index (χ1) is 20.7. The fourth-order valence-corrected chi connectivity index (χ4v) is 4.85. The van der Waals surface area contributed by atoms with Crippen molar-refractivity contribution >= 4 is 46.1 Å². The zero-order valence-electron chi connectivity index (χ0n) is 22.9. The first kappa shape index (κ1) is 28.0. The van der Waals surface area contributed by atoms with E-state index in [1.54, 1.807) is 6.92 Å². The Kier molecular flexibility index (Phi) is 7.36. The molecule has 0 bridgehead atoms. The minimum Gasteiger partial charge on any atom is -0.453 e. The van der Waals surface area contributed by atoms with Gasteiger partial charge in [-0.1, -0.05) is 0 Å². The van der Waals surface area contributed by atoms with Gasteiger partial charge in [0.2, 0.25) is 11.8 Å². The van der Waals surface area contributed by atoms with Gasteiger partial charge >= 0.3 is 6.03 Å².